The summed E-state index contributed by atoms with van der Waals surface area (Å²) in [5, 5.41) is -1.07. The van der Waals surface area contributed by atoms with Gasteiger partial charge in [-0.3, -0.25) is 4.79 Å². The van der Waals surface area contributed by atoms with Gasteiger partial charge in [0.2, 0.25) is 5.91 Å². The van der Waals surface area contributed by atoms with Crippen molar-refractivity contribution in [3.05, 3.63) is 35.9 Å². The molecule has 0 spiro atoms. The third-order valence-electron chi connectivity index (χ3n) is 2.54. The van der Waals surface area contributed by atoms with Gasteiger partial charge in [-0.25, -0.2) is 13.4 Å². The highest BCUT2D eigenvalue weighted by Gasteiger charge is 2.48. The Hall–Kier alpha value is -2.16. The number of primary amides is 1. The van der Waals surface area contributed by atoms with Gasteiger partial charge in [-0.05, 0) is 12.1 Å². The van der Waals surface area contributed by atoms with Crippen LogP contribution in [0.2, 0.25) is 0 Å². The number of nitrogens with zero attached hydrogens (tertiary/aromatic N) is 1. The summed E-state index contributed by atoms with van der Waals surface area (Å²) in [4.78, 5) is 14.7. The minimum Gasteiger partial charge on any atom is -0.366 e. The van der Waals surface area contributed by atoms with Crippen molar-refractivity contribution in [2.75, 3.05) is 0 Å². The maximum absolute atomic E-state index is 12.5. The van der Waals surface area contributed by atoms with Gasteiger partial charge in [0.25, 0.3) is 9.84 Å². The molecule has 0 fully saturated rings. The highest BCUT2D eigenvalue weighted by atomic mass is 32.2. The molecule has 0 bridgehead atoms. The van der Waals surface area contributed by atoms with E-state index in [0.717, 1.165) is 0 Å². The van der Waals surface area contributed by atoms with Gasteiger partial charge < -0.3 is 5.73 Å². The molecule has 2 rings (SSSR count). The van der Waals surface area contributed by atoms with Gasteiger partial charge in [-0.2, -0.15) is 13.2 Å². The highest BCUT2D eigenvalue weighted by Crippen LogP contribution is 2.31. The van der Waals surface area contributed by atoms with Crippen LogP contribution in [0, 0.1) is 0 Å². The fourth-order valence-corrected chi connectivity index (χ4v) is 2.34. The first-order valence-electron chi connectivity index (χ1n) is 5.15. The molecule has 1 aromatic carbocycles. The van der Waals surface area contributed by atoms with Gasteiger partial charge in [-0.15, -0.1) is 0 Å². The molecule has 0 atom stereocenters. The van der Waals surface area contributed by atoms with Gasteiger partial charge in [-0.1, -0.05) is 18.2 Å². The van der Waals surface area contributed by atoms with Crippen molar-refractivity contribution < 1.29 is 26.4 Å². The Morgan fingerprint density at radius 1 is 1.20 bits per heavy atom. The number of carbonyl (C=O) groups is 1. The van der Waals surface area contributed by atoms with E-state index in [0.29, 0.717) is 6.07 Å². The van der Waals surface area contributed by atoms with Crippen LogP contribution in [-0.2, 0) is 9.84 Å². The van der Waals surface area contributed by atoms with Crippen LogP contribution in [0.4, 0.5) is 13.2 Å². The molecule has 0 aliphatic heterocycles. The van der Waals surface area contributed by atoms with Crippen molar-refractivity contribution in [2.45, 2.75) is 10.5 Å². The van der Waals surface area contributed by atoms with Gasteiger partial charge in [0, 0.05) is 5.39 Å². The Balaban J connectivity index is 2.85. The Bertz CT molecular complexity index is 800. The first-order chi connectivity index (χ1) is 9.14. The zero-order valence-corrected chi connectivity index (χ0v) is 10.5. The number of hydrogen-bond acceptors (Lipinski definition) is 4. The minimum atomic E-state index is -5.64. The van der Waals surface area contributed by atoms with Crippen LogP contribution in [0.3, 0.4) is 0 Å². The fraction of sp³-hybridized carbons (Fsp3) is 0.0909. The average Bonchev–Trinajstić information content (AvgIpc) is 2.35. The molecule has 0 saturated carbocycles. The summed E-state index contributed by atoms with van der Waals surface area (Å²) in [7, 11) is -5.64. The second kappa shape index (κ2) is 4.44. The molecule has 2 aromatic rings. The van der Waals surface area contributed by atoms with Crippen LogP contribution in [0.25, 0.3) is 10.9 Å². The van der Waals surface area contributed by atoms with Gasteiger partial charge in [0.15, 0.2) is 5.03 Å². The number of hydrogen-bond donors (Lipinski definition) is 1. The fourth-order valence-electron chi connectivity index (χ4n) is 1.61. The van der Waals surface area contributed by atoms with E-state index in [1.807, 2.05) is 0 Å². The number of benzene rings is 1. The topological polar surface area (TPSA) is 90.1 Å². The van der Waals surface area contributed by atoms with E-state index in [9.17, 15) is 26.4 Å². The second-order valence-electron chi connectivity index (χ2n) is 3.84. The summed E-state index contributed by atoms with van der Waals surface area (Å²) in [5.41, 5.74) is -0.842. The zero-order valence-electron chi connectivity index (χ0n) is 9.68. The largest absolute Gasteiger partial charge is 0.503 e. The molecule has 0 unspecified atom stereocenters. The third-order valence-corrected chi connectivity index (χ3v) is 3.91. The van der Waals surface area contributed by atoms with E-state index in [1.165, 1.54) is 24.3 Å². The number of carbonyl (C=O) groups excluding carboxylic acids is 1. The zero-order chi connectivity index (χ0) is 15.1. The van der Waals surface area contributed by atoms with Crippen molar-refractivity contribution >= 4 is 26.6 Å². The molecule has 1 amide bonds. The predicted molar refractivity (Wildman–Crippen MR) is 63.5 cm³/mol. The number of halogens is 3. The molecule has 2 N–H and O–H groups in total. The Morgan fingerprint density at radius 2 is 1.80 bits per heavy atom. The second-order valence-corrected chi connectivity index (χ2v) is 5.73. The van der Waals surface area contributed by atoms with E-state index in [2.05, 4.69) is 4.98 Å². The molecule has 1 heterocycles. The number of nitrogens with two attached hydrogens (primary N) is 1. The van der Waals surface area contributed by atoms with Crippen molar-refractivity contribution in [1.29, 1.82) is 0 Å². The van der Waals surface area contributed by atoms with Crippen LogP contribution < -0.4 is 5.73 Å². The number of aromatic nitrogens is 1. The maximum Gasteiger partial charge on any atom is 0.503 e. The van der Waals surface area contributed by atoms with E-state index >= 15 is 0 Å². The SMILES string of the molecule is NC(=O)c1cc(S(=O)(=O)C(F)(F)F)nc2ccccc12. The van der Waals surface area contributed by atoms with Crippen LogP contribution >= 0.6 is 0 Å². The lowest BCUT2D eigenvalue weighted by Gasteiger charge is -2.10. The average molecular weight is 304 g/mol. The number of fused-ring (bicyclic) bond motifs is 1. The number of pyridine rings is 1. The predicted octanol–water partition coefficient (Wildman–Crippen LogP) is 1.63. The molecule has 9 heteroatoms. The molecular weight excluding hydrogens is 297 g/mol. The van der Waals surface area contributed by atoms with Crippen molar-refractivity contribution in [3.63, 3.8) is 0 Å². The molecule has 106 valence electrons. The van der Waals surface area contributed by atoms with Crippen molar-refractivity contribution in [2.24, 2.45) is 5.73 Å². The molecule has 0 aliphatic carbocycles. The summed E-state index contributed by atoms with van der Waals surface area (Å²) in [6.45, 7) is 0. The standard InChI is InChI=1S/C11H7F3N2O3S/c12-11(13,14)20(18,19)9-5-7(10(15)17)6-3-1-2-4-8(6)16-9/h1-5H,(H2,15,17). The monoisotopic (exact) mass is 304 g/mol. The summed E-state index contributed by atoms with van der Waals surface area (Å²) in [6.07, 6.45) is 0. The van der Waals surface area contributed by atoms with Crippen LogP contribution in [0.1, 0.15) is 10.4 Å². The van der Waals surface area contributed by atoms with E-state index < -0.39 is 26.3 Å². The molecular formula is C11H7F3N2O3S. The van der Waals surface area contributed by atoms with Crippen LogP contribution in [-0.4, -0.2) is 24.8 Å². The summed E-state index contributed by atoms with van der Waals surface area (Å²) >= 11 is 0. The van der Waals surface area contributed by atoms with Gasteiger partial charge in [0.1, 0.15) is 0 Å². The Kier molecular flexibility index (Phi) is 3.17. The maximum atomic E-state index is 12.5. The molecule has 0 aliphatic rings. The number of rotatable bonds is 2. The van der Waals surface area contributed by atoms with Crippen molar-refractivity contribution in [1.82, 2.24) is 4.98 Å². The molecule has 20 heavy (non-hydrogen) atoms. The van der Waals surface area contributed by atoms with E-state index in [1.54, 1.807) is 0 Å². The van der Waals surface area contributed by atoms with Crippen molar-refractivity contribution in [3.8, 4) is 0 Å². The summed E-state index contributed by atoms with van der Waals surface area (Å²) in [6, 6.07) is 6.20. The number of para-hydroxylation sites is 1. The van der Waals surface area contributed by atoms with Crippen LogP contribution in [0.15, 0.2) is 35.4 Å². The summed E-state index contributed by atoms with van der Waals surface area (Å²) in [5.74, 6) is -1.04. The molecule has 0 saturated heterocycles. The number of alkyl halides is 3. The Morgan fingerprint density at radius 3 is 2.35 bits per heavy atom. The highest BCUT2D eigenvalue weighted by molar-refractivity contribution is 7.92. The normalized spacial score (nSPS) is 12.6. The molecule has 1 aromatic heterocycles. The molecule has 5 nitrogen and oxygen atoms in total. The van der Waals surface area contributed by atoms with E-state index in [4.69, 9.17) is 5.73 Å². The minimum absolute atomic E-state index is 0.0633. The van der Waals surface area contributed by atoms with Gasteiger partial charge >= 0.3 is 5.51 Å². The summed E-state index contributed by atoms with van der Waals surface area (Å²) < 4.78 is 60.2. The number of amides is 1. The first kappa shape index (κ1) is 14.3. The molecule has 0 radical (unpaired) electrons. The quantitative estimate of drug-likeness (QED) is 0.913. The lowest BCUT2D eigenvalue weighted by atomic mass is 10.1. The first-order valence-corrected chi connectivity index (χ1v) is 6.64. The third kappa shape index (κ3) is 2.20. The Labute approximate surface area is 111 Å². The lowest BCUT2D eigenvalue weighted by Crippen LogP contribution is -2.25. The number of sulfone groups is 1. The lowest BCUT2D eigenvalue weighted by molar-refractivity contribution is -0.0438. The smallest absolute Gasteiger partial charge is 0.366 e. The van der Waals surface area contributed by atoms with Gasteiger partial charge in [0.05, 0.1) is 11.1 Å². The van der Waals surface area contributed by atoms with E-state index in [-0.39, 0.29) is 16.5 Å². The van der Waals surface area contributed by atoms with Crippen LogP contribution in [0.5, 0.6) is 0 Å².